The summed E-state index contributed by atoms with van der Waals surface area (Å²) in [6.07, 6.45) is 74.3. The van der Waals surface area contributed by atoms with E-state index in [2.05, 4.69) is 80.8 Å². The maximum atomic E-state index is 13.3. The second kappa shape index (κ2) is 54.5. The van der Waals surface area contributed by atoms with Gasteiger partial charge in [-0.05, 0) is 83.5 Å². The summed E-state index contributed by atoms with van der Waals surface area (Å²) in [6.45, 7) is 6.30. The van der Waals surface area contributed by atoms with Crippen molar-refractivity contribution < 1.29 is 24.5 Å². The van der Waals surface area contributed by atoms with E-state index >= 15 is 0 Å². The number of esters is 1. The van der Waals surface area contributed by atoms with E-state index in [0.29, 0.717) is 19.3 Å². The van der Waals surface area contributed by atoms with Crippen molar-refractivity contribution in [1.29, 1.82) is 0 Å². The van der Waals surface area contributed by atoms with Crippen LogP contribution in [0.25, 0.3) is 0 Å². The minimum atomic E-state index is -0.810. The summed E-state index contributed by atoms with van der Waals surface area (Å²) in [5.74, 6) is -0.552. The third-order valence-corrected chi connectivity index (χ3v) is 12.2. The van der Waals surface area contributed by atoms with E-state index in [1.807, 2.05) is 54.7 Å². The van der Waals surface area contributed by atoms with Crippen molar-refractivity contribution in [2.75, 3.05) is 6.61 Å². The molecular formula is C62H105NO5. The molecule has 3 atom stereocenters. The first kappa shape index (κ1) is 64.5. The summed E-state index contributed by atoms with van der Waals surface area (Å²) in [6, 6.07) is -0.727. The Morgan fingerprint density at radius 3 is 1.37 bits per heavy atom. The van der Waals surface area contributed by atoms with E-state index in [0.717, 1.165) is 96.3 Å². The van der Waals surface area contributed by atoms with Crippen LogP contribution in [0.2, 0.25) is 0 Å². The Hall–Kier alpha value is -3.48. The molecule has 0 aromatic carbocycles. The number of amides is 1. The third-order valence-electron chi connectivity index (χ3n) is 12.2. The van der Waals surface area contributed by atoms with Crippen LogP contribution in [-0.4, -0.2) is 46.9 Å². The van der Waals surface area contributed by atoms with Gasteiger partial charge in [0, 0.05) is 6.42 Å². The van der Waals surface area contributed by atoms with E-state index < -0.39 is 18.2 Å². The summed E-state index contributed by atoms with van der Waals surface area (Å²) in [5.41, 5.74) is 0. The lowest BCUT2D eigenvalue weighted by atomic mass is 10.0. The van der Waals surface area contributed by atoms with E-state index in [9.17, 15) is 19.8 Å². The number of hydrogen-bond acceptors (Lipinski definition) is 5. The van der Waals surface area contributed by atoms with Gasteiger partial charge in [0.1, 0.15) is 6.10 Å². The Kier molecular flexibility index (Phi) is 51.7. The Labute approximate surface area is 419 Å². The molecule has 0 rings (SSSR count). The van der Waals surface area contributed by atoms with Gasteiger partial charge in [-0.25, -0.2) is 0 Å². The van der Waals surface area contributed by atoms with Crippen molar-refractivity contribution in [3.8, 4) is 0 Å². The monoisotopic (exact) mass is 944 g/mol. The predicted molar refractivity (Wildman–Crippen MR) is 296 cm³/mol. The quantitative estimate of drug-likeness (QED) is 0.0244. The maximum Gasteiger partial charge on any atom is 0.306 e. The molecule has 0 aromatic heterocycles. The van der Waals surface area contributed by atoms with Crippen molar-refractivity contribution in [2.24, 2.45) is 0 Å². The normalized spacial score (nSPS) is 14.0. The highest BCUT2D eigenvalue weighted by Crippen LogP contribution is 2.17. The van der Waals surface area contributed by atoms with E-state index in [4.69, 9.17) is 4.74 Å². The van der Waals surface area contributed by atoms with Crippen molar-refractivity contribution in [1.82, 2.24) is 5.32 Å². The smallest absolute Gasteiger partial charge is 0.306 e. The summed E-state index contributed by atoms with van der Waals surface area (Å²) in [7, 11) is 0. The molecule has 0 aliphatic carbocycles. The van der Waals surface area contributed by atoms with Crippen molar-refractivity contribution in [3.63, 3.8) is 0 Å². The van der Waals surface area contributed by atoms with Crippen molar-refractivity contribution >= 4 is 11.9 Å². The lowest BCUT2D eigenvalue weighted by Gasteiger charge is -2.24. The number of hydrogen-bond donors (Lipinski definition) is 3. The number of allylic oxidation sites excluding steroid dienone is 18. The van der Waals surface area contributed by atoms with Crippen molar-refractivity contribution in [2.45, 2.75) is 264 Å². The molecule has 6 nitrogen and oxygen atoms in total. The number of carbonyl (C=O) groups excluding carboxylic acids is 2. The van der Waals surface area contributed by atoms with Gasteiger partial charge >= 0.3 is 5.97 Å². The molecule has 0 aromatic rings. The van der Waals surface area contributed by atoms with Crippen LogP contribution in [0.5, 0.6) is 0 Å². The Balaban J connectivity index is 4.73. The molecule has 0 saturated carbocycles. The fraction of sp³-hybridized carbons (Fsp3) is 0.677. The van der Waals surface area contributed by atoms with Crippen LogP contribution < -0.4 is 5.32 Å². The summed E-state index contributed by atoms with van der Waals surface area (Å²) >= 11 is 0. The molecule has 68 heavy (non-hydrogen) atoms. The zero-order valence-electron chi connectivity index (χ0n) is 44.2. The molecule has 0 fully saturated rings. The van der Waals surface area contributed by atoms with Crippen LogP contribution in [0, 0.1) is 0 Å². The van der Waals surface area contributed by atoms with Crippen LogP contribution in [0.4, 0.5) is 0 Å². The molecule has 0 radical (unpaired) electrons. The average molecular weight is 945 g/mol. The lowest BCUT2D eigenvalue weighted by Crippen LogP contribution is -2.46. The lowest BCUT2D eigenvalue weighted by molar-refractivity contribution is -0.151. The van der Waals surface area contributed by atoms with Gasteiger partial charge in [0.05, 0.1) is 25.2 Å². The van der Waals surface area contributed by atoms with Crippen LogP contribution >= 0.6 is 0 Å². The molecular weight excluding hydrogens is 839 g/mol. The van der Waals surface area contributed by atoms with Gasteiger partial charge in [-0.3, -0.25) is 9.59 Å². The number of carbonyl (C=O) groups is 2. The Morgan fingerprint density at radius 2 is 0.853 bits per heavy atom. The highest BCUT2D eigenvalue weighted by atomic mass is 16.5. The Bertz CT molecular complexity index is 1380. The highest BCUT2D eigenvalue weighted by molar-refractivity contribution is 5.77. The molecule has 3 N–H and O–H groups in total. The van der Waals surface area contributed by atoms with E-state index in [1.165, 1.54) is 103 Å². The molecule has 6 heteroatoms. The van der Waals surface area contributed by atoms with Gasteiger partial charge in [0.15, 0.2) is 0 Å². The fourth-order valence-corrected chi connectivity index (χ4v) is 8.00. The first-order chi connectivity index (χ1) is 33.5. The summed E-state index contributed by atoms with van der Waals surface area (Å²) in [4.78, 5) is 26.3. The first-order valence-electron chi connectivity index (χ1n) is 28.2. The number of ether oxygens (including phenoxy) is 1. The number of aliphatic hydroxyl groups excluding tert-OH is 2. The van der Waals surface area contributed by atoms with Gasteiger partial charge in [-0.2, -0.15) is 0 Å². The van der Waals surface area contributed by atoms with Gasteiger partial charge in [-0.15, -0.1) is 0 Å². The molecule has 388 valence electrons. The first-order valence-corrected chi connectivity index (χ1v) is 28.2. The van der Waals surface area contributed by atoms with E-state index in [-0.39, 0.29) is 24.9 Å². The minimum Gasteiger partial charge on any atom is -0.462 e. The second-order valence-electron chi connectivity index (χ2n) is 18.8. The predicted octanol–water partition coefficient (Wildman–Crippen LogP) is 17.5. The van der Waals surface area contributed by atoms with E-state index in [1.54, 1.807) is 0 Å². The van der Waals surface area contributed by atoms with Gasteiger partial charge in [-0.1, -0.05) is 259 Å². The van der Waals surface area contributed by atoms with Crippen LogP contribution in [0.3, 0.4) is 0 Å². The van der Waals surface area contributed by atoms with Crippen molar-refractivity contribution in [3.05, 3.63) is 109 Å². The molecule has 0 spiro atoms. The number of rotatable bonds is 49. The molecule has 0 aliphatic rings. The molecule has 1 amide bonds. The number of nitrogens with one attached hydrogen (secondary N) is 1. The number of unbranched alkanes of at least 4 members (excludes halogenated alkanes) is 24. The zero-order valence-corrected chi connectivity index (χ0v) is 44.2. The third kappa shape index (κ3) is 49.0. The molecule has 3 unspecified atom stereocenters. The Morgan fingerprint density at radius 1 is 0.456 bits per heavy atom. The highest BCUT2D eigenvalue weighted by Gasteiger charge is 2.24. The molecule has 0 saturated heterocycles. The fourth-order valence-electron chi connectivity index (χ4n) is 8.00. The van der Waals surface area contributed by atoms with Crippen LogP contribution in [0.1, 0.15) is 245 Å². The summed E-state index contributed by atoms with van der Waals surface area (Å²) < 4.78 is 5.93. The molecule has 0 heterocycles. The maximum absolute atomic E-state index is 13.3. The summed E-state index contributed by atoms with van der Waals surface area (Å²) in [5, 5.41) is 23.9. The standard InChI is InChI=1S/C62H105NO5/c1-4-7-10-13-16-19-22-25-28-30-33-35-38-41-44-47-50-53-58(68-62(67)55-52-49-46-43-40-37-34-31-29-26-23-20-17-14-11-8-5-2)56-61(66)63-59(57-64)60(65)54-51-48-45-42-39-36-32-27-24-21-18-15-12-9-6-3/h8,11,14,16-17,19-20,23,25-26,28-29,31,33-35,37,40,58-60,64-65H,4-7,9-10,12-13,15,18,21-22,24,27,30,32,36,38-39,41-57H2,1-3H3,(H,63,66)/b11-8-,17-14+,19-16-,23-20+,28-25-,29-26-,34-31+,35-33-,40-37+. The molecule has 0 aliphatic heterocycles. The zero-order chi connectivity index (χ0) is 49.5. The van der Waals surface area contributed by atoms with Gasteiger partial charge in [0.25, 0.3) is 0 Å². The SMILES string of the molecule is CC\C=C/C=C/C=C/C=C\C=C\C=C\CCCCCC(=O)OC(CCCCCC/C=C\C/C=C\C/C=C\CCCCC)CC(=O)NC(CO)C(O)CCCCCCCCCCCCCCCCC. The molecule has 0 bridgehead atoms. The second-order valence-corrected chi connectivity index (χ2v) is 18.8. The number of aliphatic hydroxyl groups is 2. The van der Waals surface area contributed by atoms with Crippen LogP contribution in [-0.2, 0) is 14.3 Å². The minimum absolute atomic E-state index is 0.0380. The van der Waals surface area contributed by atoms with Crippen LogP contribution in [0.15, 0.2) is 109 Å². The average Bonchev–Trinajstić information content (AvgIpc) is 3.33. The topological polar surface area (TPSA) is 95.9 Å². The van der Waals surface area contributed by atoms with Gasteiger partial charge < -0.3 is 20.3 Å². The van der Waals surface area contributed by atoms with Gasteiger partial charge in [0.2, 0.25) is 5.91 Å². The largest absolute Gasteiger partial charge is 0.462 e.